The second kappa shape index (κ2) is 64.9. The van der Waals surface area contributed by atoms with Gasteiger partial charge in [-0.1, -0.05) is 276 Å². The third-order valence-corrected chi connectivity index (χ3v) is 22.0. The van der Waals surface area contributed by atoms with Crippen LogP contribution < -0.4 is 65.1 Å². The fourth-order valence-electron chi connectivity index (χ4n) is 12.5. The monoisotopic (exact) mass is 1950 g/mol. The largest absolute Gasteiger partial charge is 0.444 e. The van der Waals surface area contributed by atoms with Gasteiger partial charge in [0.15, 0.2) is 34.7 Å². The number of alkyl carbamates (subject to hydrolysis) is 3. The molecule has 0 saturated heterocycles. The summed E-state index contributed by atoms with van der Waals surface area (Å²) in [6.07, 6.45) is 7.11. The van der Waals surface area contributed by atoms with E-state index in [9.17, 15) is 71.9 Å². The van der Waals surface area contributed by atoms with Gasteiger partial charge in [0.25, 0.3) is 0 Å². The molecule has 0 spiro atoms. The Morgan fingerprint density at radius 1 is 0.241 bits per heavy atom. The van der Waals surface area contributed by atoms with Crippen LogP contribution in [-0.2, 0) is 71.7 Å². The fourth-order valence-corrected chi connectivity index (χ4v) is 12.5. The Labute approximate surface area is 832 Å². The SMILES string of the molecule is CC(C)C(N)C(=O)NC(C(=O)CCC(C)(C)C)C(C)C.CC(C)C(NC(=O)CN)C(=O)CCC(C)(C)C.CC(C)C(NC(=O)CNC(=O)OC(C)(C)C)C(=O)CCC(C)(C)C.CC(C)C(NC(=O)OC(C)(C)C)C(=O)N[C@H](C(=O)CCC(C)(C)C)C(C)C.CCC(C)C(NC(=O)OC(C)(C)C)C(=O)NC(C(=O)CCC(C)(C)C)C(C)C.CCC(C)[C@H](N)C(=O)NC(C(=O)CCC(C)(C)C)C(C)C. The van der Waals surface area contributed by atoms with Gasteiger partial charge in [0.05, 0.1) is 54.9 Å². The third kappa shape index (κ3) is 74.2. The zero-order valence-corrected chi connectivity index (χ0v) is 95.4. The molecule has 0 aliphatic heterocycles. The summed E-state index contributed by atoms with van der Waals surface area (Å²) in [6.45, 7) is 91.6. The van der Waals surface area contributed by atoms with Gasteiger partial charge in [-0.25, -0.2) is 14.4 Å². The van der Waals surface area contributed by atoms with E-state index in [1.54, 1.807) is 62.3 Å². The molecule has 30 nitrogen and oxygen atoms in total. The number of hydrogen-bond donors (Lipinski definition) is 12. The molecule has 804 valence electrons. The van der Waals surface area contributed by atoms with Crippen molar-refractivity contribution in [2.75, 3.05) is 13.1 Å². The molecule has 0 aliphatic carbocycles. The van der Waals surface area contributed by atoms with Gasteiger partial charge >= 0.3 is 18.3 Å². The van der Waals surface area contributed by atoms with Crippen LogP contribution in [0.2, 0.25) is 0 Å². The quantitative estimate of drug-likeness (QED) is 0.0252. The van der Waals surface area contributed by atoms with Gasteiger partial charge in [0, 0.05) is 38.5 Å². The first-order valence-corrected chi connectivity index (χ1v) is 50.6. The molecule has 0 aromatic rings. The topological polar surface area (TPSA) is 470 Å². The Balaban J connectivity index is -0.000000379. The lowest BCUT2D eigenvalue weighted by Crippen LogP contribution is -2.55. The molecule has 0 radical (unpaired) electrons. The number of amides is 9. The molecule has 0 rings (SSSR count). The molecule has 0 heterocycles. The molecule has 0 aromatic carbocycles. The standard InChI is InChI=1S/C22H42N2O4.C21H40N2O4.C18H34N2O4.C17H34N2O2.C16H32N2O2.C13H26N2O2/c1-11-15(4)18(24-20(27)28-22(8,9)10)19(26)23-17(14(2)3)16(25)12-13-21(5,6)7;1-13(2)16(15(24)11-12-20(5,6)7)22-18(25)17(14(3)4)23-19(26)27-21(8,9)10;1-12(2)15(13(21)9-10-17(3,4)5)20-14(22)11-19-16(23)24-18(6,7)8;1-8-12(4)14(18)16(21)19-15(11(2)3)13(20)9-10-17(5,6)7;1-10(2)13(17)15(20)18-14(11(3)4)12(19)8-9-16(5,6)7;1-9(2)12(15-11(17)8-14)10(16)6-7-13(3,4)5/h14-15,17-18H,11-13H2,1-10H3,(H,23,26)(H,24,27);13-14,16-17H,11-12H2,1-10H3,(H,22,25)(H,23,26);12,15H,9-11H2,1-8H3,(H,19,23)(H,20,22);11-12,14-15H,8-10,18H2,1-7H3,(H,19,21);10-11,13-14H,8-9,17H2,1-7H3,(H,18,20);9,12H,6-8,14H2,1-5H3,(H,15,17)/t;16-,17?;;12?,14-,15?;;/m.0.0../s1. The molecular formula is C107H208N12O18. The van der Waals surface area contributed by atoms with E-state index >= 15 is 0 Å². The maximum absolute atomic E-state index is 12.9. The zero-order chi connectivity index (χ0) is 110. The van der Waals surface area contributed by atoms with E-state index in [-0.39, 0.29) is 169 Å². The van der Waals surface area contributed by atoms with Crippen LogP contribution in [0.15, 0.2) is 0 Å². The fraction of sp³-hybridized carbons (Fsp3) is 0.860. The van der Waals surface area contributed by atoms with Crippen LogP contribution in [0, 0.1) is 91.7 Å². The van der Waals surface area contributed by atoms with Crippen molar-refractivity contribution < 1.29 is 86.1 Å². The number of ketones is 6. The molecular weight excluding hydrogens is 1740 g/mol. The number of rotatable bonds is 45. The van der Waals surface area contributed by atoms with Gasteiger partial charge in [0.1, 0.15) is 35.4 Å². The van der Waals surface area contributed by atoms with Gasteiger partial charge in [-0.3, -0.25) is 57.5 Å². The molecule has 12 atom stereocenters. The van der Waals surface area contributed by atoms with Crippen molar-refractivity contribution in [2.45, 2.75) is 493 Å². The van der Waals surface area contributed by atoms with Crippen molar-refractivity contribution in [1.29, 1.82) is 0 Å². The maximum atomic E-state index is 12.9. The van der Waals surface area contributed by atoms with Crippen LogP contribution in [0.4, 0.5) is 14.4 Å². The zero-order valence-electron chi connectivity index (χ0n) is 95.4. The second-order valence-corrected chi connectivity index (χ2v) is 50.3. The van der Waals surface area contributed by atoms with Gasteiger partial charge in [0.2, 0.25) is 35.4 Å². The predicted octanol–water partition coefficient (Wildman–Crippen LogP) is 18.5. The summed E-state index contributed by atoms with van der Waals surface area (Å²) in [6, 6.07) is -5.59. The Morgan fingerprint density at radius 3 is 0.657 bits per heavy atom. The van der Waals surface area contributed by atoms with E-state index in [4.69, 9.17) is 31.4 Å². The van der Waals surface area contributed by atoms with Gasteiger partial charge in [-0.05, 0) is 193 Å². The molecule has 0 aromatic heterocycles. The summed E-state index contributed by atoms with van der Waals surface area (Å²) in [7, 11) is 0. The first kappa shape index (κ1) is 140. The number of nitrogens with one attached hydrogen (secondary N) is 9. The Kier molecular flexibility index (Phi) is 66.4. The minimum absolute atomic E-state index is 0.0112. The average Bonchev–Trinajstić information content (AvgIpc) is 0.856. The number of nitrogens with two attached hydrogens (primary N) is 3. The van der Waals surface area contributed by atoms with Crippen molar-refractivity contribution in [3.63, 3.8) is 0 Å². The Hall–Kier alpha value is -7.47. The first-order valence-electron chi connectivity index (χ1n) is 50.6. The number of carbonyl (C=O) groups excluding carboxylic acids is 15. The van der Waals surface area contributed by atoms with Crippen molar-refractivity contribution in [3.05, 3.63) is 0 Å². The third-order valence-electron chi connectivity index (χ3n) is 22.0. The first-order chi connectivity index (χ1) is 61.4. The van der Waals surface area contributed by atoms with Crippen molar-refractivity contribution in [2.24, 2.45) is 109 Å². The summed E-state index contributed by atoms with van der Waals surface area (Å²) in [4.78, 5) is 183. The Morgan fingerprint density at radius 2 is 0.445 bits per heavy atom. The van der Waals surface area contributed by atoms with Gasteiger partial charge in [-0.2, -0.15) is 0 Å². The lowest BCUT2D eigenvalue weighted by Gasteiger charge is -2.29. The number of ether oxygens (including phenoxy) is 3. The highest BCUT2D eigenvalue weighted by molar-refractivity contribution is 5.96. The van der Waals surface area contributed by atoms with E-state index in [1.807, 2.05) is 138 Å². The highest BCUT2D eigenvalue weighted by atomic mass is 16.6. The van der Waals surface area contributed by atoms with Gasteiger partial charge < -0.3 is 79.3 Å². The molecule has 137 heavy (non-hydrogen) atoms. The molecule has 0 saturated carbocycles. The van der Waals surface area contributed by atoms with E-state index in [2.05, 4.69) is 172 Å². The number of carbonyl (C=O) groups is 15. The van der Waals surface area contributed by atoms with E-state index < -0.39 is 101 Å². The molecule has 9 amide bonds. The highest BCUT2D eigenvalue weighted by Gasteiger charge is 2.38. The second-order valence-electron chi connectivity index (χ2n) is 50.3. The summed E-state index contributed by atoms with van der Waals surface area (Å²) in [5.41, 5.74) is 15.6. The van der Waals surface area contributed by atoms with Crippen LogP contribution in [0.1, 0.15) is 415 Å². The summed E-state index contributed by atoms with van der Waals surface area (Å²) in [5, 5.41) is 24.5. The van der Waals surface area contributed by atoms with E-state index in [0.717, 1.165) is 44.9 Å². The molecule has 0 aliphatic rings. The normalized spacial score (nSPS) is 14.8. The number of Topliss-reactive ketones (excluding diaryl/α,β-unsaturated/α-hetero) is 6. The molecule has 0 bridgehead atoms. The summed E-state index contributed by atoms with van der Waals surface area (Å²) < 4.78 is 15.6. The molecule has 0 fully saturated rings. The highest BCUT2D eigenvalue weighted by Crippen LogP contribution is 2.29. The summed E-state index contributed by atoms with van der Waals surface area (Å²) in [5.74, 6) is -1.36. The minimum atomic E-state index is -0.767. The maximum Gasteiger partial charge on any atom is 0.408 e. The van der Waals surface area contributed by atoms with Crippen LogP contribution >= 0.6 is 0 Å². The van der Waals surface area contributed by atoms with Gasteiger partial charge in [-0.15, -0.1) is 0 Å². The molecule has 10 unspecified atom stereocenters. The molecule has 15 N–H and O–H groups in total. The predicted molar refractivity (Wildman–Crippen MR) is 557 cm³/mol. The Bertz CT molecular complexity index is 3620. The molecule has 30 heteroatoms. The number of hydrogen-bond acceptors (Lipinski definition) is 21. The lowest BCUT2D eigenvalue weighted by molar-refractivity contribution is -0.131. The van der Waals surface area contributed by atoms with Crippen LogP contribution in [0.25, 0.3) is 0 Å². The average molecular weight is 1950 g/mol. The van der Waals surface area contributed by atoms with Crippen LogP contribution in [0.3, 0.4) is 0 Å². The van der Waals surface area contributed by atoms with E-state index in [1.165, 1.54) is 0 Å². The smallest absolute Gasteiger partial charge is 0.408 e. The summed E-state index contributed by atoms with van der Waals surface area (Å²) >= 11 is 0. The van der Waals surface area contributed by atoms with Crippen molar-refractivity contribution >= 4 is 88.4 Å². The van der Waals surface area contributed by atoms with Crippen molar-refractivity contribution in [3.8, 4) is 0 Å². The lowest BCUT2D eigenvalue weighted by atomic mass is 9.86. The van der Waals surface area contributed by atoms with Crippen LogP contribution in [-0.4, -0.2) is 179 Å². The van der Waals surface area contributed by atoms with Crippen molar-refractivity contribution in [1.82, 2.24) is 47.9 Å². The minimum Gasteiger partial charge on any atom is -0.444 e. The van der Waals surface area contributed by atoms with E-state index in [0.29, 0.717) is 44.9 Å². The van der Waals surface area contributed by atoms with Crippen LogP contribution in [0.5, 0.6) is 0 Å².